The van der Waals surface area contributed by atoms with E-state index in [9.17, 15) is 9.59 Å². The van der Waals surface area contributed by atoms with Crippen molar-refractivity contribution in [2.24, 2.45) is 0 Å². The van der Waals surface area contributed by atoms with Gasteiger partial charge in [0, 0.05) is 23.6 Å². The Morgan fingerprint density at radius 3 is 2.07 bits per heavy atom. The molecule has 2 amide bonds. The van der Waals surface area contributed by atoms with E-state index >= 15 is 0 Å². The summed E-state index contributed by atoms with van der Waals surface area (Å²) in [5.41, 5.74) is 2.60. The molecule has 0 fully saturated rings. The standard InChI is InChI=1S/C24H23ClN2O2/c25-21-13-11-18(12-14-21)15-16-26-24(29)22(17-19-7-3-1-4-8-19)27-23(28)20-9-5-2-6-10-20/h1-14,22H,15-17H2,(H,26,29)(H,27,28)/t22-/m0/s1. The molecule has 29 heavy (non-hydrogen) atoms. The Bertz CT molecular complexity index is 928. The average molecular weight is 407 g/mol. The Balaban J connectivity index is 1.63. The molecular formula is C24H23ClN2O2. The van der Waals surface area contributed by atoms with E-state index in [0.717, 1.165) is 11.1 Å². The molecule has 4 nitrogen and oxygen atoms in total. The van der Waals surface area contributed by atoms with E-state index in [2.05, 4.69) is 10.6 Å². The van der Waals surface area contributed by atoms with E-state index in [-0.39, 0.29) is 11.8 Å². The Morgan fingerprint density at radius 1 is 0.793 bits per heavy atom. The van der Waals surface area contributed by atoms with Gasteiger partial charge in [-0.2, -0.15) is 0 Å². The van der Waals surface area contributed by atoms with Gasteiger partial charge >= 0.3 is 0 Å². The van der Waals surface area contributed by atoms with Crippen molar-refractivity contribution in [3.63, 3.8) is 0 Å². The molecule has 0 aromatic heterocycles. The van der Waals surface area contributed by atoms with Crippen LogP contribution in [0.15, 0.2) is 84.9 Å². The lowest BCUT2D eigenvalue weighted by molar-refractivity contribution is -0.122. The van der Waals surface area contributed by atoms with Crippen LogP contribution in [-0.2, 0) is 17.6 Å². The van der Waals surface area contributed by atoms with Crippen LogP contribution in [0.25, 0.3) is 0 Å². The van der Waals surface area contributed by atoms with Crippen LogP contribution in [0.3, 0.4) is 0 Å². The molecule has 1 atom stereocenters. The molecule has 0 unspecified atom stereocenters. The summed E-state index contributed by atoms with van der Waals surface area (Å²) in [6, 6.07) is 25.4. The van der Waals surface area contributed by atoms with Crippen LogP contribution in [0, 0.1) is 0 Å². The molecule has 0 aliphatic rings. The van der Waals surface area contributed by atoms with E-state index in [1.54, 1.807) is 24.3 Å². The molecule has 0 heterocycles. The van der Waals surface area contributed by atoms with E-state index < -0.39 is 6.04 Å². The van der Waals surface area contributed by atoms with Crippen LogP contribution in [0.4, 0.5) is 0 Å². The van der Waals surface area contributed by atoms with Gasteiger partial charge in [-0.1, -0.05) is 72.3 Å². The van der Waals surface area contributed by atoms with E-state index in [1.807, 2.05) is 60.7 Å². The molecule has 2 N–H and O–H groups in total. The molecule has 0 aliphatic heterocycles. The third-order valence-corrected chi connectivity index (χ3v) is 4.82. The quantitative estimate of drug-likeness (QED) is 0.593. The van der Waals surface area contributed by atoms with Crippen molar-refractivity contribution in [3.8, 4) is 0 Å². The first-order valence-corrected chi connectivity index (χ1v) is 9.91. The second-order valence-corrected chi connectivity index (χ2v) is 7.19. The number of hydrogen-bond donors (Lipinski definition) is 2. The Labute approximate surface area is 175 Å². The SMILES string of the molecule is O=C(N[C@@H](Cc1ccccc1)C(=O)NCCc1ccc(Cl)cc1)c1ccccc1. The highest BCUT2D eigenvalue weighted by atomic mass is 35.5. The predicted molar refractivity (Wildman–Crippen MR) is 116 cm³/mol. The molecule has 3 aromatic carbocycles. The van der Waals surface area contributed by atoms with Gasteiger partial charge in [-0.3, -0.25) is 9.59 Å². The fourth-order valence-corrected chi connectivity index (χ4v) is 3.12. The smallest absolute Gasteiger partial charge is 0.251 e. The maximum absolute atomic E-state index is 12.8. The lowest BCUT2D eigenvalue weighted by Crippen LogP contribution is -2.48. The molecule has 0 radical (unpaired) electrons. The fourth-order valence-electron chi connectivity index (χ4n) is 2.99. The van der Waals surface area contributed by atoms with Gasteiger partial charge in [0.2, 0.25) is 5.91 Å². The average Bonchev–Trinajstić information content (AvgIpc) is 2.76. The first-order chi connectivity index (χ1) is 14.1. The summed E-state index contributed by atoms with van der Waals surface area (Å²) in [5, 5.41) is 6.49. The van der Waals surface area contributed by atoms with Gasteiger partial charge in [-0.15, -0.1) is 0 Å². The number of hydrogen-bond acceptors (Lipinski definition) is 2. The second-order valence-electron chi connectivity index (χ2n) is 6.75. The van der Waals surface area contributed by atoms with Gasteiger partial charge in [0.15, 0.2) is 0 Å². The van der Waals surface area contributed by atoms with Crippen molar-refractivity contribution in [2.75, 3.05) is 6.54 Å². The maximum Gasteiger partial charge on any atom is 0.251 e. The van der Waals surface area contributed by atoms with Gasteiger partial charge in [0.1, 0.15) is 6.04 Å². The third kappa shape index (κ3) is 6.47. The van der Waals surface area contributed by atoms with Crippen molar-refractivity contribution in [1.82, 2.24) is 10.6 Å². The van der Waals surface area contributed by atoms with Crippen molar-refractivity contribution < 1.29 is 9.59 Å². The van der Waals surface area contributed by atoms with Crippen molar-refractivity contribution in [2.45, 2.75) is 18.9 Å². The van der Waals surface area contributed by atoms with E-state index in [1.165, 1.54) is 0 Å². The number of halogens is 1. The van der Waals surface area contributed by atoms with Crippen LogP contribution in [0.1, 0.15) is 21.5 Å². The summed E-state index contributed by atoms with van der Waals surface area (Å²) in [4.78, 5) is 25.4. The Hall–Kier alpha value is -3.11. The lowest BCUT2D eigenvalue weighted by Gasteiger charge is -2.19. The number of carbonyl (C=O) groups is 2. The van der Waals surface area contributed by atoms with E-state index in [0.29, 0.717) is 30.0 Å². The van der Waals surface area contributed by atoms with Crippen molar-refractivity contribution in [3.05, 3.63) is 107 Å². The minimum absolute atomic E-state index is 0.202. The highest BCUT2D eigenvalue weighted by molar-refractivity contribution is 6.30. The van der Waals surface area contributed by atoms with Gasteiger partial charge in [-0.05, 0) is 41.8 Å². The maximum atomic E-state index is 12.8. The van der Waals surface area contributed by atoms with Gasteiger partial charge in [0.25, 0.3) is 5.91 Å². The largest absolute Gasteiger partial charge is 0.354 e. The summed E-state index contributed by atoms with van der Waals surface area (Å²) in [6.45, 7) is 0.479. The number of amides is 2. The minimum atomic E-state index is -0.657. The fraction of sp³-hybridized carbons (Fsp3) is 0.167. The summed E-state index contributed by atoms with van der Waals surface area (Å²) < 4.78 is 0. The first kappa shape index (κ1) is 20.6. The second kappa shape index (κ2) is 10.4. The van der Waals surface area contributed by atoms with Crippen molar-refractivity contribution in [1.29, 1.82) is 0 Å². The van der Waals surface area contributed by atoms with Crippen LogP contribution >= 0.6 is 11.6 Å². The van der Waals surface area contributed by atoms with Crippen LogP contribution in [0.5, 0.6) is 0 Å². The molecule has 0 saturated carbocycles. The molecule has 0 spiro atoms. The number of carbonyl (C=O) groups excluding carboxylic acids is 2. The van der Waals surface area contributed by atoms with E-state index in [4.69, 9.17) is 11.6 Å². The summed E-state index contributed by atoms with van der Waals surface area (Å²) in [6.07, 6.45) is 1.11. The molecule has 148 valence electrons. The zero-order valence-corrected chi connectivity index (χ0v) is 16.7. The molecule has 0 aliphatic carbocycles. The Kier molecular flexibility index (Phi) is 7.42. The Morgan fingerprint density at radius 2 is 1.41 bits per heavy atom. The summed E-state index contributed by atoms with van der Waals surface area (Å²) in [7, 11) is 0. The summed E-state index contributed by atoms with van der Waals surface area (Å²) >= 11 is 5.90. The van der Waals surface area contributed by atoms with Gasteiger partial charge in [0.05, 0.1) is 0 Å². The predicted octanol–water partition coefficient (Wildman–Crippen LogP) is 4.04. The molecule has 0 bridgehead atoms. The summed E-state index contributed by atoms with van der Waals surface area (Å²) in [5.74, 6) is -0.466. The van der Waals surface area contributed by atoms with Gasteiger partial charge in [-0.25, -0.2) is 0 Å². The molecule has 3 rings (SSSR count). The number of benzene rings is 3. The molecule has 3 aromatic rings. The zero-order valence-electron chi connectivity index (χ0n) is 16.0. The van der Waals surface area contributed by atoms with Crippen molar-refractivity contribution >= 4 is 23.4 Å². The zero-order chi connectivity index (χ0) is 20.5. The first-order valence-electron chi connectivity index (χ1n) is 9.54. The minimum Gasteiger partial charge on any atom is -0.354 e. The topological polar surface area (TPSA) is 58.2 Å². The highest BCUT2D eigenvalue weighted by Crippen LogP contribution is 2.10. The number of nitrogens with one attached hydrogen (secondary N) is 2. The van der Waals surface area contributed by atoms with Crippen LogP contribution in [0.2, 0.25) is 5.02 Å². The third-order valence-electron chi connectivity index (χ3n) is 4.57. The highest BCUT2D eigenvalue weighted by Gasteiger charge is 2.21. The monoisotopic (exact) mass is 406 g/mol. The van der Waals surface area contributed by atoms with Crippen LogP contribution in [-0.4, -0.2) is 24.4 Å². The van der Waals surface area contributed by atoms with Crippen LogP contribution < -0.4 is 10.6 Å². The number of rotatable bonds is 8. The normalized spacial score (nSPS) is 11.5. The molecule has 5 heteroatoms. The molecule has 0 saturated heterocycles. The lowest BCUT2D eigenvalue weighted by atomic mass is 10.0. The molecular weight excluding hydrogens is 384 g/mol. The van der Waals surface area contributed by atoms with Gasteiger partial charge < -0.3 is 10.6 Å².